The van der Waals surface area contributed by atoms with Crippen LogP contribution in [0.2, 0.25) is 0 Å². The lowest BCUT2D eigenvalue weighted by atomic mass is 10.1. The van der Waals surface area contributed by atoms with E-state index >= 15 is 0 Å². The highest BCUT2D eigenvalue weighted by Crippen LogP contribution is 2.29. The summed E-state index contributed by atoms with van der Waals surface area (Å²) in [6.07, 6.45) is 2.77. The molecule has 1 amide bonds. The molecule has 1 N–H and O–H groups in total. The van der Waals surface area contributed by atoms with Crippen LogP contribution in [0.3, 0.4) is 0 Å². The molecule has 0 aliphatic carbocycles. The van der Waals surface area contributed by atoms with E-state index in [0.29, 0.717) is 0 Å². The molecule has 2 aromatic carbocycles. The summed E-state index contributed by atoms with van der Waals surface area (Å²) >= 11 is 1.49. The van der Waals surface area contributed by atoms with E-state index in [1.807, 2.05) is 29.6 Å². The molecule has 0 spiro atoms. The van der Waals surface area contributed by atoms with Crippen molar-refractivity contribution >= 4 is 39.5 Å². The largest absolute Gasteiger partial charge is 0.372 e. The molecule has 6 heteroatoms. The van der Waals surface area contributed by atoms with E-state index in [0.717, 1.165) is 46.6 Å². The first-order valence-electron chi connectivity index (χ1n) is 10.2. The third-order valence-electron chi connectivity index (χ3n) is 5.43. The van der Waals surface area contributed by atoms with Gasteiger partial charge in [-0.05, 0) is 37.1 Å². The molecule has 0 saturated carbocycles. The van der Waals surface area contributed by atoms with Crippen molar-refractivity contribution in [3.05, 3.63) is 71.2 Å². The molecule has 2 aromatic heterocycles. The van der Waals surface area contributed by atoms with Gasteiger partial charge in [-0.15, -0.1) is 11.3 Å². The van der Waals surface area contributed by atoms with Crippen LogP contribution >= 0.6 is 11.3 Å². The fraction of sp³-hybridized carbons (Fsp3) is 0.208. The smallest absolute Gasteiger partial charge is 0.230 e. The maximum Gasteiger partial charge on any atom is 0.230 e. The lowest BCUT2D eigenvalue weighted by Gasteiger charge is -2.18. The molecule has 1 saturated heterocycles. The number of amides is 1. The zero-order valence-electron chi connectivity index (χ0n) is 16.5. The molecular formula is C24H22N4OS. The Balaban J connectivity index is 1.45. The van der Waals surface area contributed by atoms with Crippen LogP contribution in [0.15, 0.2) is 65.5 Å². The minimum absolute atomic E-state index is 0.0865. The van der Waals surface area contributed by atoms with Crippen molar-refractivity contribution < 1.29 is 4.79 Å². The highest BCUT2D eigenvalue weighted by atomic mass is 32.1. The second-order valence-electron chi connectivity index (χ2n) is 7.52. The number of hydrogen-bond donors (Lipinski definition) is 1. The highest BCUT2D eigenvalue weighted by molar-refractivity contribution is 7.07. The van der Waals surface area contributed by atoms with Gasteiger partial charge in [0.05, 0.1) is 34.5 Å². The lowest BCUT2D eigenvalue weighted by molar-refractivity contribution is -0.115. The number of carbonyl (C=O) groups excluding carboxylic acids is 1. The van der Waals surface area contributed by atoms with Gasteiger partial charge in [-0.3, -0.25) is 4.79 Å². The number of benzene rings is 2. The predicted molar refractivity (Wildman–Crippen MR) is 123 cm³/mol. The molecule has 5 rings (SSSR count). The lowest BCUT2D eigenvalue weighted by Crippen LogP contribution is -2.17. The summed E-state index contributed by atoms with van der Waals surface area (Å²) in [6, 6.07) is 18.5. The van der Waals surface area contributed by atoms with Gasteiger partial charge in [0.1, 0.15) is 0 Å². The van der Waals surface area contributed by atoms with Gasteiger partial charge in [0.15, 0.2) is 0 Å². The molecule has 1 aliphatic rings. The van der Waals surface area contributed by atoms with Gasteiger partial charge in [0.25, 0.3) is 0 Å². The van der Waals surface area contributed by atoms with Gasteiger partial charge in [0.2, 0.25) is 5.91 Å². The number of carbonyl (C=O) groups is 1. The molecule has 30 heavy (non-hydrogen) atoms. The standard InChI is InChI=1S/C24H22N4OS/c29-23(14-19-15-30-16-25-19)26-22-8-4-5-17-9-10-21(27-24(17)22)18-6-3-7-20(13-18)28-11-1-2-12-28/h3-10,13,15-16H,1-2,11-12,14H2,(H,26,29). The quantitative estimate of drug-likeness (QED) is 0.491. The number of nitrogens with zero attached hydrogens (tertiary/aromatic N) is 3. The number of pyridine rings is 1. The molecule has 1 fully saturated rings. The van der Waals surface area contributed by atoms with E-state index in [9.17, 15) is 4.79 Å². The van der Waals surface area contributed by atoms with E-state index in [-0.39, 0.29) is 12.3 Å². The zero-order valence-corrected chi connectivity index (χ0v) is 17.4. The van der Waals surface area contributed by atoms with Gasteiger partial charge in [-0.2, -0.15) is 0 Å². The summed E-state index contributed by atoms with van der Waals surface area (Å²) in [6.45, 7) is 2.23. The first kappa shape index (κ1) is 18.8. The summed E-state index contributed by atoms with van der Waals surface area (Å²) in [4.78, 5) is 24.0. The molecule has 5 nitrogen and oxygen atoms in total. The van der Waals surface area contributed by atoms with Crippen molar-refractivity contribution in [2.24, 2.45) is 0 Å². The maximum absolute atomic E-state index is 12.5. The minimum Gasteiger partial charge on any atom is -0.372 e. The molecule has 3 heterocycles. The van der Waals surface area contributed by atoms with Crippen LogP contribution in [0, 0.1) is 0 Å². The minimum atomic E-state index is -0.0865. The Bertz CT molecular complexity index is 1180. The van der Waals surface area contributed by atoms with Crippen molar-refractivity contribution in [2.45, 2.75) is 19.3 Å². The van der Waals surface area contributed by atoms with Crippen LogP contribution in [0.25, 0.3) is 22.2 Å². The van der Waals surface area contributed by atoms with Crippen LogP contribution in [0.4, 0.5) is 11.4 Å². The van der Waals surface area contributed by atoms with Crippen LogP contribution in [0.5, 0.6) is 0 Å². The van der Waals surface area contributed by atoms with E-state index in [1.165, 1.54) is 29.9 Å². The molecule has 0 radical (unpaired) electrons. The number of rotatable bonds is 5. The van der Waals surface area contributed by atoms with Crippen molar-refractivity contribution in [3.63, 3.8) is 0 Å². The van der Waals surface area contributed by atoms with Crippen LogP contribution < -0.4 is 10.2 Å². The van der Waals surface area contributed by atoms with Crippen LogP contribution in [-0.4, -0.2) is 29.0 Å². The molecule has 1 aliphatic heterocycles. The van der Waals surface area contributed by atoms with Gasteiger partial charge < -0.3 is 10.2 Å². The average molecular weight is 415 g/mol. The summed E-state index contributed by atoms with van der Waals surface area (Å²) in [5, 5.41) is 5.91. The van der Waals surface area contributed by atoms with Crippen molar-refractivity contribution in [1.82, 2.24) is 9.97 Å². The SMILES string of the molecule is O=C(Cc1cscn1)Nc1cccc2ccc(-c3cccc(N4CCCC4)c3)nc12. The average Bonchev–Trinajstić information content (AvgIpc) is 3.48. The van der Waals surface area contributed by atoms with Crippen molar-refractivity contribution in [3.8, 4) is 11.3 Å². The molecule has 0 unspecified atom stereocenters. The monoisotopic (exact) mass is 414 g/mol. The number of nitrogens with one attached hydrogen (secondary N) is 1. The van der Waals surface area contributed by atoms with Crippen LogP contribution in [-0.2, 0) is 11.2 Å². The number of thiazole rings is 1. The Kier molecular flexibility index (Phi) is 5.15. The zero-order chi connectivity index (χ0) is 20.3. The maximum atomic E-state index is 12.5. The number of anilines is 2. The normalized spacial score (nSPS) is 13.7. The summed E-state index contributed by atoms with van der Waals surface area (Å²) in [7, 11) is 0. The molecule has 4 aromatic rings. The summed E-state index contributed by atoms with van der Waals surface area (Å²) in [5.41, 5.74) is 7.29. The molecule has 150 valence electrons. The first-order chi connectivity index (χ1) is 14.8. The highest BCUT2D eigenvalue weighted by Gasteiger charge is 2.14. The number of hydrogen-bond acceptors (Lipinski definition) is 5. The fourth-order valence-electron chi connectivity index (χ4n) is 3.93. The Hall–Kier alpha value is -3.25. The third kappa shape index (κ3) is 3.91. The van der Waals surface area contributed by atoms with Gasteiger partial charge in [-0.1, -0.05) is 30.3 Å². The van der Waals surface area contributed by atoms with Crippen molar-refractivity contribution in [1.29, 1.82) is 0 Å². The van der Waals surface area contributed by atoms with Gasteiger partial charge >= 0.3 is 0 Å². The number of fused-ring (bicyclic) bond motifs is 1. The Morgan fingerprint density at radius 1 is 1.07 bits per heavy atom. The first-order valence-corrected chi connectivity index (χ1v) is 11.1. The van der Waals surface area contributed by atoms with Crippen molar-refractivity contribution in [2.75, 3.05) is 23.3 Å². The topological polar surface area (TPSA) is 58.1 Å². The summed E-state index contributed by atoms with van der Waals surface area (Å²) < 4.78 is 0. The van der Waals surface area contributed by atoms with Gasteiger partial charge in [-0.25, -0.2) is 9.97 Å². The third-order valence-corrected chi connectivity index (χ3v) is 6.07. The van der Waals surface area contributed by atoms with Crippen LogP contribution in [0.1, 0.15) is 18.5 Å². The van der Waals surface area contributed by atoms with Gasteiger partial charge in [0, 0.05) is 35.1 Å². The number of aromatic nitrogens is 2. The predicted octanol–water partition coefficient (Wildman–Crippen LogP) is 5.14. The van der Waals surface area contributed by atoms with E-state index < -0.39 is 0 Å². The second kappa shape index (κ2) is 8.24. The second-order valence-corrected chi connectivity index (χ2v) is 8.24. The fourth-order valence-corrected chi connectivity index (χ4v) is 4.49. The Morgan fingerprint density at radius 3 is 2.77 bits per heavy atom. The van der Waals surface area contributed by atoms with E-state index in [1.54, 1.807) is 5.51 Å². The number of para-hydroxylation sites is 1. The summed E-state index contributed by atoms with van der Waals surface area (Å²) in [5.74, 6) is -0.0865. The van der Waals surface area contributed by atoms with E-state index in [2.05, 4.69) is 45.5 Å². The molecule has 0 atom stereocenters. The Morgan fingerprint density at radius 2 is 1.93 bits per heavy atom. The molecular weight excluding hydrogens is 392 g/mol. The Labute approximate surface area is 179 Å². The van der Waals surface area contributed by atoms with E-state index in [4.69, 9.17) is 4.98 Å². The molecule has 0 bridgehead atoms.